The second kappa shape index (κ2) is 5.40. The second-order valence-corrected chi connectivity index (χ2v) is 7.90. The molecule has 2 aliphatic rings. The van der Waals surface area contributed by atoms with Gasteiger partial charge in [-0.25, -0.2) is 0 Å². The van der Waals surface area contributed by atoms with Crippen LogP contribution in [0.1, 0.15) is 48.9 Å². The van der Waals surface area contributed by atoms with Crippen molar-refractivity contribution in [3.05, 3.63) is 34.4 Å². The molecule has 0 amide bonds. The molecule has 0 spiro atoms. The maximum absolute atomic E-state index is 3.78. The second-order valence-electron chi connectivity index (χ2n) is 7.90. The van der Waals surface area contributed by atoms with E-state index in [1.54, 1.807) is 0 Å². The Morgan fingerprint density at radius 1 is 1.14 bits per heavy atom. The highest BCUT2D eigenvalue weighted by molar-refractivity contribution is 5.37. The van der Waals surface area contributed by atoms with Crippen LogP contribution in [0, 0.1) is 26.7 Å². The topological polar surface area (TPSA) is 15.3 Å². The number of benzene rings is 1. The quantitative estimate of drug-likeness (QED) is 0.914. The van der Waals surface area contributed by atoms with E-state index in [0.717, 1.165) is 19.0 Å². The van der Waals surface area contributed by atoms with Gasteiger partial charge < -0.3 is 5.32 Å². The van der Waals surface area contributed by atoms with Crippen LogP contribution < -0.4 is 5.32 Å². The first-order valence-electron chi connectivity index (χ1n) is 8.42. The highest BCUT2D eigenvalue weighted by Gasteiger charge is 2.40. The summed E-state index contributed by atoms with van der Waals surface area (Å²) in [4.78, 5) is 2.71. The maximum atomic E-state index is 3.78. The van der Waals surface area contributed by atoms with Crippen LogP contribution in [-0.4, -0.2) is 29.6 Å². The van der Waals surface area contributed by atoms with Gasteiger partial charge in [0.2, 0.25) is 0 Å². The molecule has 3 rings (SSSR count). The lowest BCUT2D eigenvalue weighted by Gasteiger charge is -2.47. The number of rotatable bonds is 3. The molecule has 1 saturated carbocycles. The maximum Gasteiger partial charge on any atom is 0.0281 e. The largest absolute Gasteiger partial charge is 0.311 e. The van der Waals surface area contributed by atoms with Crippen molar-refractivity contribution in [2.45, 2.75) is 65.6 Å². The first-order chi connectivity index (χ1) is 9.87. The molecular weight excluding hydrogens is 256 g/mol. The standard InChI is InChI=1S/C19H30N2/c1-13-8-14(2)17(15(3)9-13)10-21-11-18(16-6-7-16)20-12-19(21,4)5/h8-9,16,18,20H,6-7,10-12H2,1-5H3. The number of nitrogens with zero attached hydrogens (tertiary/aromatic N) is 1. The smallest absolute Gasteiger partial charge is 0.0281 e. The third-order valence-electron chi connectivity index (χ3n) is 5.45. The van der Waals surface area contributed by atoms with Gasteiger partial charge in [-0.15, -0.1) is 0 Å². The van der Waals surface area contributed by atoms with Crippen molar-refractivity contribution in [1.29, 1.82) is 0 Å². The molecule has 0 aromatic heterocycles. The summed E-state index contributed by atoms with van der Waals surface area (Å²) >= 11 is 0. The van der Waals surface area contributed by atoms with Gasteiger partial charge in [0, 0.05) is 31.2 Å². The van der Waals surface area contributed by atoms with E-state index in [4.69, 9.17) is 0 Å². The molecule has 0 radical (unpaired) electrons. The Morgan fingerprint density at radius 3 is 2.33 bits per heavy atom. The summed E-state index contributed by atoms with van der Waals surface area (Å²) in [5.74, 6) is 0.934. The number of piperazine rings is 1. The summed E-state index contributed by atoms with van der Waals surface area (Å²) in [6.07, 6.45) is 2.85. The molecule has 1 unspecified atom stereocenters. The minimum atomic E-state index is 0.245. The van der Waals surface area contributed by atoms with Crippen molar-refractivity contribution < 1.29 is 0 Å². The Bertz CT molecular complexity index is 505. The van der Waals surface area contributed by atoms with Crippen molar-refractivity contribution in [3.63, 3.8) is 0 Å². The van der Waals surface area contributed by atoms with Gasteiger partial charge in [-0.05, 0) is 70.1 Å². The zero-order valence-corrected chi connectivity index (χ0v) is 14.3. The van der Waals surface area contributed by atoms with Crippen LogP contribution in [0.5, 0.6) is 0 Å². The lowest BCUT2D eigenvalue weighted by molar-refractivity contribution is 0.0530. The Balaban J connectivity index is 1.81. The summed E-state index contributed by atoms with van der Waals surface area (Å²) < 4.78 is 0. The van der Waals surface area contributed by atoms with Crippen molar-refractivity contribution in [2.24, 2.45) is 5.92 Å². The third kappa shape index (κ3) is 3.17. The summed E-state index contributed by atoms with van der Waals surface area (Å²) in [7, 11) is 0. The average molecular weight is 286 g/mol. The molecule has 1 aromatic carbocycles. The number of hydrogen-bond donors (Lipinski definition) is 1. The van der Waals surface area contributed by atoms with Crippen molar-refractivity contribution in [2.75, 3.05) is 13.1 Å². The monoisotopic (exact) mass is 286 g/mol. The molecule has 1 atom stereocenters. The van der Waals surface area contributed by atoms with Crippen molar-refractivity contribution in [1.82, 2.24) is 10.2 Å². The van der Waals surface area contributed by atoms with Crippen molar-refractivity contribution >= 4 is 0 Å². The van der Waals surface area contributed by atoms with Gasteiger partial charge in [0.1, 0.15) is 0 Å². The van der Waals surface area contributed by atoms with Crippen LogP contribution in [0.3, 0.4) is 0 Å². The molecule has 1 heterocycles. The predicted molar refractivity (Wildman–Crippen MR) is 89.7 cm³/mol. The summed E-state index contributed by atoms with van der Waals surface area (Å²) in [5, 5.41) is 3.78. The van der Waals surface area contributed by atoms with E-state index in [-0.39, 0.29) is 5.54 Å². The predicted octanol–water partition coefficient (Wildman–Crippen LogP) is 3.57. The molecule has 2 heteroatoms. The van der Waals surface area contributed by atoms with Crippen LogP contribution in [0.15, 0.2) is 12.1 Å². The van der Waals surface area contributed by atoms with E-state index in [9.17, 15) is 0 Å². The van der Waals surface area contributed by atoms with Crippen LogP contribution in [0.2, 0.25) is 0 Å². The summed E-state index contributed by atoms with van der Waals surface area (Å²) in [6.45, 7) is 14.9. The fourth-order valence-electron chi connectivity index (χ4n) is 3.78. The van der Waals surface area contributed by atoms with Gasteiger partial charge in [0.05, 0.1) is 0 Å². The van der Waals surface area contributed by atoms with Gasteiger partial charge in [-0.2, -0.15) is 0 Å². The SMILES string of the molecule is Cc1cc(C)c(CN2CC(C3CC3)NCC2(C)C)c(C)c1. The number of nitrogens with one attached hydrogen (secondary N) is 1. The molecule has 1 N–H and O–H groups in total. The highest BCUT2D eigenvalue weighted by Crippen LogP contribution is 2.36. The van der Waals surface area contributed by atoms with E-state index >= 15 is 0 Å². The Hall–Kier alpha value is -0.860. The molecule has 1 aliphatic carbocycles. The van der Waals surface area contributed by atoms with E-state index in [1.807, 2.05) is 0 Å². The molecule has 2 fully saturated rings. The molecule has 1 saturated heterocycles. The van der Waals surface area contributed by atoms with Gasteiger partial charge in [0.25, 0.3) is 0 Å². The molecular formula is C19H30N2. The number of aryl methyl sites for hydroxylation is 3. The van der Waals surface area contributed by atoms with Crippen LogP contribution in [-0.2, 0) is 6.54 Å². The zero-order valence-electron chi connectivity index (χ0n) is 14.3. The number of hydrogen-bond acceptors (Lipinski definition) is 2. The average Bonchev–Trinajstić information content (AvgIpc) is 3.19. The minimum Gasteiger partial charge on any atom is -0.311 e. The third-order valence-corrected chi connectivity index (χ3v) is 5.45. The highest BCUT2D eigenvalue weighted by atomic mass is 15.3. The first-order valence-corrected chi connectivity index (χ1v) is 8.42. The Kier molecular flexibility index (Phi) is 3.87. The lowest BCUT2D eigenvalue weighted by Crippen LogP contribution is -2.62. The molecule has 21 heavy (non-hydrogen) atoms. The fraction of sp³-hybridized carbons (Fsp3) is 0.684. The summed E-state index contributed by atoms with van der Waals surface area (Å²) in [5.41, 5.74) is 6.05. The molecule has 1 aromatic rings. The van der Waals surface area contributed by atoms with E-state index in [2.05, 4.69) is 57.0 Å². The zero-order chi connectivity index (χ0) is 15.2. The molecule has 116 valence electrons. The minimum absolute atomic E-state index is 0.245. The van der Waals surface area contributed by atoms with E-state index < -0.39 is 0 Å². The van der Waals surface area contributed by atoms with Crippen LogP contribution >= 0.6 is 0 Å². The van der Waals surface area contributed by atoms with E-state index in [0.29, 0.717) is 6.04 Å². The van der Waals surface area contributed by atoms with Gasteiger partial charge in [0.15, 0.2) is 0 Å². The fourth-order valence-corrected chi connectivity index (χ4v) is 3.78. The van der Waals surface area contributed by atoms with E-state index in [1.165, 1.54) is 41.6 Å². The van der Waals surface area contributed by atoms with Gasteiger partial charge in [-0.3, -0.25) is 4.90 Å². The van der Waals surface area contributed by atoms with Gasteiger partial charge in [-0.1, -0.05) is 17.7 Å². The summed E-state index contributed by atoms with van der Waals surface area (Å²) in [6, 6.07) is 5.37. The molecule has 2 nitrogen and oxygen atoms in total. The molecule has 0 bridgehead atoms. The van der Waals surface area contributed by atoms with Crippen LogP contribution in [0.25, 0.3) is 0 Å². The van der Waals surface area contributed by atoms with Crippen LogP contribution in [0.4, 0.5) is 0 Å². The van der Waals surface area contributed by atoms with Crippen molar-refractivity contribution in [3.8, 4) is 0 Å². The Labute approximate surface area is 129 Å². The normalized spacial score (nSPS) is 26.0. The lowest BCUT2D eigenvalue weighted by atomic mass is 9.92. The Morgan fingerprint density at radius 2 is 1.76 bits per heavy atom. The molecule has 1 aliphatic heterocycles. The first kappa shape index (κ1) is 15.1. The van der Waals surface area contributed by atoms with Gasteiger partial charge >= 0.3 is 0 Å².